The maximum atomic E-state index is 11.2. The van der Waals surface area contributed by atoms with Gasteiger partial charge in [0.1, 0.15) is 0 Å². The van der Waals surface area contributed by atoms with Gasteiger partial charge in [0.15, 0.2) is 0 Å². The maximum absolute atomic E-state index is 11.2. The van der Waals surface area contributed by atoms with E-state index in [1.807, 2.05) is 6.92 Å². The predicted octanol–water partition coefficient (Wildman–Crippen LogP) is 1.00. The fraction of sp³-hybridized carbons (Fsp3) is 0.875. The molecule has 0 heterocycles. The minimum Gasteiger partial charge on any atom is -0.284 e. The second-order valence-electron chi connectivity index (χ2n) is 3.48. The molecule has 0 saturated heterocycles. The summed E-state index contributed by atoms with van der Waals surface area (Å²) in [5.74, 6) is 5.91. The zero-order chi connectivity index (χ0) is 9.02. The van der Waals surface area contributed by atoms with Crippen molar-refractivity contribution in [3.8, 4) is 0 Å². The SMILES string of the molecule is CC(C)CC(C)C(=O)N(C)N. The van der Waals surface area contributed by atoms with Gasteiger partial charge in [-0.2, -0.15) is 0 Å². The van der Waals surface area contributed by atoms with Crippen LogP contribution in [0.3, 0.4) is 0 Å². The number of rotatable bonds is 3. The summed E-state index contributed by atoms with van der Waals surface area (Å²) in [6, 6.07) is 0. The fourth-order valence-electron chi connectivity index (χ4n) is 1.16. The zero-order valence-electron chi connectivity index (χ0n) is 7.79. The Morgan fingerprint density at radius 2 is 1.91 bits per heavy atom. The van der Waals surface area contributed by atoms with E-state index in [4.69, 9.17) is 5.84 Å². The highest BCUT2D eigenvalue weighted by Crippen LogP contribution is 2.11. The number of carbonyl (C=O) groups is 1. The van der Waals surface area contributed by atoms with Crippen molar-refractivity contribution in [3.05, 3.63) is 0 Å². The Morgan fingerprint density at radius 3 is 2.18 bits per heavy atom. The van der Waals surface area contributed by atoms with E-state index in [1.165, 1.54) is 0 Å². The van der Waals surface area contributed by atoms with E-state index in [0.29, 0.717) is 5.92 Å². The minimum absolute atomic E-state index is 0.0127. The van der Waals surface area contributed by atoms with Crippen LogP contribution in [0.1, 0.15) is 27.2 Å². The molecule has 0 aliphatic heterocycles. The third kappa shape index (κ3) is 3.98. The number of hydrogen-bond donors (Lipinski definition) is 1. The molecule has 0 radical (unpaired) electrons. The normalized spacial score (nSPS) is 13.3. The Morgan fingerprint density at radius 1 is 1.45 bits per heavy atom. The second kappa shape index (κ2) is 4.34. The van der Waals surface area contributed by atoms with Crippen LogP contribution in [0.2, 0.25) is 0 Å². The molecule has 11 heavy (non-hydrogen) atoms. The lowest BCUT2D eigenvalue weighted by Crippen LogP contribution is -2.37. The standard InChI is InChI=1S/C8H18N2O/c1-6(2)5-7(3)8(11)10(4)9/h6-7H,5,9H2,1-4H3. The van der Waals surface area contributed by atoms with E-state index in [-0.39, 0.29) is 11.8 Å². The molecule has 3 heteroatoms. The van der Waals surface area contributed by atoms with Gasteiger partial charge in [-0.15, -0.1) is 0 Å². The Hall–Kier alpha value is -0.570. The number of nitrogens with two attached hydrogens (primary N) is 1. The molecule has 0 aromatic rings. The van der Waals surface area contributed by atoms with Crippen LogP contribution in [0.15, 0.2) is 0 Å². The third-order valence-corrected chi connectivity index (χ3v) is 1.59. The summed E-state index contributed by atoms with van der Waals surface area (Å²) < 4.78 is 0. The van der Waals surface area contributed by atoms with E-state index < -0.39 is 0 Å². The predicted molar refractivity (Wildman–Crippen MR) is 45.6 cm³/mol. The molecule has 1 amide bonds. The molecule has 0 aromatic carbocycles. The Kier molecular flexibility index (Phi) is 4.11. The monoisotopic (exact) mass is 158 g/mol. The summed E-state index contributed by atoms with van der Waals surface area (Å²) in [5.41, 5.74) is 0. The Balaban J connectivity index is 3.83. The molecule has 0 aliphatic rings. The minimum atomic E-state index is 0.0127. The van der Waals surface area contributed by atoms with Gasteiger partial charge < -0.3 is 0 Å². The molecular weight excluding hydrogens is 140 g/mol. The quantitative estimate of drug-likeness (QED) is 0.378. The molecule has 1 atom stereocenters. The molecule has 0 spiro atoms. The molecule has 2 N–H and O–H groups in total. The first-order valence-corrected chi connectivity index (χ1v) is 3.97. The lowest BCUT2D eigenvalue weighted by Gasteiger charge is -2.17. The van der Waals surface area contributed by atoms with Crippen LogP contribution >= 0.6 is 0 Å². The molecule has 1 unspecified atom stereocenters. The number of carbonyl (C=O) groups excluding carboxylic acids is 1. The van der Waals surface area contributed by atoms with Gasteiger partial charge in [-0.25, -0.2) is 5.84 Å². The molecule has 0 rings (SSSR count). The van der Waals surface area contributed by atoms with E-state index in [1.54, 1.807) is 7.05 Å². The van der Waals surface area contributed by atoms with Gasteiger partial charge in [0.05, 0.1) is 0 Å². The van der Waals surface area contributed by atoms with Crippen molar-refractivity contribution >= 4 is 5.91 Å². The summed E-state index contributed by atoms with van der Waals surface area (Å²) in [6.07, 6.45) is 0.903. The first-order chi connectivity index (χ1) is 4.95. The molecule has 0 bridgehead atoms. The van der Waals surface area contributed by atoms with E-state index >= 15 is 0 Å². The third-order valence-electron chi connectivity index (χ3n) is 1.59. The van der Waals surface area contributed by atoms with Gasteiger partial charge in [-0.1, -0.05) is 20.8 Å². The molecule has 0 aliphatic carbocycles. The van der Waals surface area contributed by atoms with E-state index in [0.717, 1.165) is 11.4 Å². The van der Waals surface area contributed by atoms with Gasteiger partial charge in [0.2, 0.25) is 5.91 Å². The van der Waals surface area contributed by atoms with Crippen LogP contribution in [0.25, 0.3) is 0 Å². The van der Waals surface area contributed by atoms with Gasteiger partial charge >= 0.3 is 0 Å². The summed E-state index contributed by atoms with van der Waals surface area (Å²) >= 11 is 0. The van der Waals surface area contributed by atoms with Crippen LogP contribution in [-0.4, -0.2) is 18.0 Å². The molecule has 0 fully saturated rings. The molecular formula is C8H18N2O. The smallest absolute Gasteiger partial charge is 0.239 e. The van der Waals surface area contributed by atoms with Crippen molar-refractivity contribution in [2.75, 3.05) is 7.05 Å². The van der Waals surface area contributed by atoms with Gasteiger partial charge in [-0.3, -0.25) is 9.80 Å². The highest BCUT2D eigenvalue weighted by atomic mass is 16.2. The lowest BCUT2D eigenvalue weighted by molar-refractivity contribution is -0.134. The highest BCUT2D eigenvalue weighted by Gasteiger charge is 2.15. The summed E-state index contributed by atoms with van der Waals surface area (Å²) in [5, 5.41) is 1.16. The Labute approximate surface area is 68.5 Å². The Bertz CT molecular complexity index is 132. The van der Waals surface area contributed by atoms with Crippen molar-refractivity contribution in [1.29, 1.82) is 0 Å². The van der Waals surface area contributed by atoms with E-state index in [9.17, 15) is 4.79 Å². The second-order valence-corrected chi connectivity index (χ2v) is 3.48. The first-order valence-electron chi connectivity index (χ1n) is 3.97. The van der Waals surface area contributed by atoms with Crippen molar-refractivity contribution in [1.82, 2.24) is 5.01 Å². The van der Waals surface area contributed by atoms with Crippen molar-refractivity contribution in [2.45, 2.75) is 27.2 Å². The average molecular weight is 158 g/mol. The van der Waals surface area contributed by atoms with Gasteiger partial charge in [-0.05, 0) is 12.3 Å². The van der Waals surface area contributed by atoms with Gasteiger partial charge in [0.25, 0.3) is 0 Å². The molecule has 0 aromatic heterocycles. The summed E-state index contributed by atoms with van der Waals surface area (Å²) in [4.78, 5) is 11.2. The maximum Gasteiger partial charge on any atom is 0.239 e. The first kappa shape index (κ1) is 10.4. The van der Waals surface area contributed by atoms with Crippen molar-refractivity contribution in [2.24, 2.45) is 17.7 Å². The van der Waals surface area contributed by atoms with Crippen LogP contribution < -0.4 is 5.84 Å². The fourth-order valence-corrected chi connectivity index (χ4v) is 1.16. The van der Waals surface area contributed by atoms with Crippen LogP contribution in [0.4, 0.5) is 0 Å². The van der Waals surface area contributed by atoms with Crippen molar-refractivity contribution < 1.29 is 4.79 Å². The molecule has 3 nitrogen and oxygen atoms in total. The summed E-state index contributed by atoms with van der Waals surface area (Å²) in [7, 11) is 1.58. The number of amides is 1. The van der Waals surface area contributed by atoms with Crippen LogP contribution in [0.5, 0.6) is 0 Å². The van der Waals surface area contributed by atoms with Crippen LogP contribution in [-0.2, 0) is 4.79 Å². The number of nitrogens with zero attached hydrogens (tertiary/aromatic N) is 1. The summed E-state index contributed by atoms with van der Waals surface area (Å²) in [6.45, 7) is 6.10. The van der Waals surface area contributed by atoms with Crippen LogP contribution in [0, 0.1) is 11.8 Å². The number of hydrogen-bond acceptors (Lipinski definition) is 2. The van der Waals surface area contributed by atoms with E-state index in [2.05, 4.69) is 13.8 Å². The largest absolute Gasteiger partial charge is 0.284 e. The topological polar surface area (TPSA) is 46.3 Å². The molecule has 0 saturated carbocycles. The van der Waals surface area contributed by atoms with Crippen molar-refractivity contribution in [3.63, 3.8) is 0 Å². The van der Waals surface area contributed by atoms with Gasteiger partial charge in [0, 0.05) is 13.0 Å². The highest BCUT2D eigenvalue weighted by molar-refractivity contribution is 5.77. The zero-order valence-corrected chi connectivity index (χ0v) is 7.79. The average Bonchev–Trinajstić information content (AvgIpc) is 1.84. The lowest BCUT2D eigenvalue weighted by atomic mass is 9.98. The number of hydrazine groups is 1. The molecule has 66 valence electrons.